The van der Waals surface area contributed by atoms with E-state index >= 15 is 0 Å². The summed E-state index contributed by atoms with van der Waals surface area (Å²) in [7, 11) is 0. The van der Waals surface area contributed by atoms with Crippen molar-refractivity contribution in [1.82, 2.24) is 10.3 Å². The van der Waals surface area contributed by atoms with Crippen molar-refractivity contribution in [1.29, 1.82) is 0 Å². The zero-order chi connectivity index (χ0) is 18.6. The number of halogens is 2. The SMILES string of the molecule is Cc1ccc2c(Cl)cc(Cl)c(OCC(N)=NOC(=O)NC(C)C)c2n1. The lowest BCUT2D eigenvalue weighted by Gasteiger charge is -2.12. The molecular weight excluding hydrogens is 367 g/mol. The van der Waals surface area contributed by atoms with Gasteiger partial charge in [0.05, 0.1) is 10.0 Å². The maximum Gasteiger partial charge on any atom is 0.433 e. The molecule has 3 N–H and O–H groups in total. The number of hydrogen-bond acceptors (Lipinski definition) is 5. The van der Waals surface area contributed by atoms with E-state index in [1.165, 1.54) is 0 Å². The van der Waals surface area contributed by atoms with Gasteiger partial charge in [0.15, 0.2) is 11.6 Å². The molecule has 7 nitrogen and oxygen atoms in total. The van der Waals surface area contributed by atoms with Gasteiger partial charge in [-0.25, -0.2) is 9.78 Å². The first kappa shape index (κ1) is 19.1. The van der Waals surface area contributed by atoms with Crippen LogP contribution in [-0.2, 0) is 4.84 Å². The van der Waals surface area contributed by atoms with Crippen LogP contribution in [0, 0.1) is 6.92 Å². The summed E-state index contributed by atoms with van der Waals surface area (Å²) in [5.41, 5.74) is 6.99. The molecule has 0 atom stereocenters. The van der Waals surface area contributed by atoms with Crippen LogP contribution in [0.2, 0.25) is 10.0 Å². The normalized spacial score (nSPS) is 11.7. The molecule has 0 saturated heterocycles. The number of oxime groups is 1. The van der Waals surface area contributed by atoms with Crippen LogP contribution in [0.4, 0.5) is 4.79 Å². The number of carbonyl (C=O) groups excluding carboxylic acids is 1. The molecule has 0 unspecified atom stereocenters. The van der Waals surface area contributed by atoms with Gasteiger partial charge in [0, 0.05) is 17.1 Å². The molecule has 1 heterocycles. The molecule has 0 bridgehead atoms. The predicted molar refractivity (Wildman–Crippen MR) is 98.4 cm³/mol. The number of rotatable bonds is 5. The molecule has 0 spiro atoms. The van der Waals surface area contributed by atoms with Crippen molar-refractivity contribution in [3.63, 3.8) is 0 Å². The Bertz CT molecular complexity index is 825. The van der Waals surface area contributed by atoms with Gasteiger partial charge < -0.3 is 15.8 Å². The number of fused-ring (bicyclic) bond motifs is 1. The Morgan fingerprint density at radius 2 is 2.08 bits per heavy atom. The number of carbonyl (C=O) groups is 1. The molecule has 2 aromatic rings. The molecule has 25 heavy (non-hydrogen) atoms. The van der Waals surface area contributed by atoms with E-state index in [-0.39, 0.29) is 18.5 Å². The van der Waals surface area contributed by atoms with Crippen molar-refractivity contribution < 1.29 is 14.4 Å². The molecule has 134 valence electrons. The van der Waals surface area contributed by atoms with Crippen LogP contribution in [0.15, 0.2) is 23.4 Å². The minimum Gasteiger partial charge on any atom is -0.482 e. The number of amides is 1. The molecular formula is C16H18Cl2N4O3. The largest absolute Gasteiger partial charge is 0.482 e. The van der Waals surface area contributed by atoms with Crippen LogP contribution in [0.3, 0.4) is 0 Å². The zero-order valence-electron chi connectivity index (χ0n) is 14.0. The van der Waals surface area contributed by atoms with Crippen molar-refractivity contribution in [2.24, 2.45) is 10.9 Å². The molecule has 0 fully saturated rings. The lowest BCUT2D eigenvalue weighted by molar-refractivity contribution is 0.147. The summed E-state index contributed by atoms with van der Waals surface area (Å²) in [5.74, 6) is 0.292. The quantitative estimate of drug-likeness (QED) is 0.354. The van der Waals surface area contributed by atoms with Crippen molar-refractivity contribution in [2.45, 2.75) is 26.8 Å². The standard InChI is InChI=1S/C16H18Cl2N4O3/c1-8(2)20-16(23)25-22-13(19)7-24-15-12(18)6-11(17)10-5-4-9(3)21-14(10)15/h4-6,8H,7H2,1-3H3,(H2,19,22)(H,20,23). The van der Waals surface area contributed by atoms with E-state index in [2.05, 4.69) is 20.3 Å². The highest BCUT2D eigenvalue weighted by atomic mass is 35.5. The number of aromatic nitrogens is 1. The molecule has 1 aromatic carbocycles. The monoisotopic (exact) mass is 384 g/mol. The highest BCUT2D eigenvalue weighted by molar-refractivity contribution is 6.39. The third-order valence-electron chi connectivity index (χ3n) is 2.99. The second kappa shape index (κ2) is 8.22. The first-order valence-electron chi connectivity index (χ1n) is 7.46. The molecule has 0 aliphatic carbocycles. The summed E-state index contributed by atoms with van der Waals surface area (Å²) in [6, 6.07) is 5.16. The van der Waals surface area contributed by atoms with Gasteiger partial charge in [-0.15, -0.1) is 0 Å². The molecule has 1 aromatic heterocycles. The molecule has 1 amide bonds. The lowest BCUT2D eigenvalue weighted by atomic mass is 10.2. The number of ether oxygens (including phenoxy) is 1. The number of benzene rings is 1. The number of nitrogens with zero attached hydrogens (tertiary/aromatic N) is 2. The number of pyridine rings is 1. The Balaban J connectivity index is 2.15. The van der Waals surface area contributed by atoms with Gasteiger partial charge >= 0.3 is 6.09 Å². The van der Waals surface area contributed by atoms with Crippen molar-refractivity contribution in [3.8, 4) is 5.75 Å². The molecule has 2 rings (SSSR count). The van der Waals surface area contributed by atoms with Crippen LogP contribution in [0.25, 0.3) is 10.9 Å². The Kier molecular flexibility index (Phi) is 6.27. The number of amidine groups is 1. The fourth-order valence-electron chi connectivity index (χ4n) is 1.96. The van der Waals surface area contributed by atoms with E-state index in [0.29, 0.717) is 26.7 Å². The van der Waals surface area contributed by atoms with Crippen LogP contribution in [0.1, 0.15) is 19.5 Å². The maximum absolute atomic E-state index is 11.4. The average Bonchev–Trinajstić information content (AvgIpc) is 2.51. The van der Waals surface area contributed by atoms with Crippen LogP contribution < -0.4 is 15.8 Å². The van der Waals surface area contributed by atoms with Crippen LogP contribution in [0.5, 0.6) is 5.75 Å². The number of nitrogens with one attached hydrogen (secondary N) is 1. The van der Waals surface area contributed by atoms with Gasteiger partial charge in [-0.1, -0.05) is 28.4 Å². The lowest BCUT2D eigenvalue weighted by Crippen LogP contribution is -2.31. The van der Waals surface area contributed by atoms with Gasteiger partial charge in [0.25, 0.3) is 0 Å². The molecule has 0 radical (unpaired) electrons. The highest BCUT2D eigenvalue weighted by Crippen LogP contribution is 2.37. The van der Waals surface area contributed by atoms with Gasteiger partial charge in [-0.2, -0.15) is 0 Å². The predicted octanol–water partition coefficient (Wildman–Crippen LogP) is 3.64. The van der Waals surface area contributed by atoms with E-state index in [0.717, 1.165) is 5.69 Å². The number of hydrogen-bond donors (Lipinski definition) is 2. The summed E-state index contributed by atoms with van der Waals surface area (Å²) < 4.78 is 5.61. The average molecular weight is 385 g/mol. The van der Waals surface area contributed by atoms with Crippen LogP contribution >= 0.6 is 23.2 Å². The van der Waals surface area contributed by atoms with E-state index < -0.39 is 6.09 Å². The van der Waals surface area contributed by atoms with Gasteiger partial charge in [0.2, 0.25) is 0 Å². The summed E-state index contributed by atoms with van der Waals surface area (Å²) in [6.45, 7) is 5.29. The van der Waals surface area contributed by atoms with Crippen LogP contribution in [-0.4, -0.2) is 29.6 Å². The molecule has 0 aliphatic heterocycles. The van der Waals surface area contributed by atoms with Crippen molar-refractivity contribution >= 4 is 46.0 Å². The summed E-state index contributed by atoms with van der Waals surface area (Å²) in [4.78, 5) is 20.4. The van der Waals surface area contributed by atoms with E-state index in [4.69, 9.17) is 33.7 Å². The number of aryl methyl sites for hydroxylation is 1. The second-order valence-corrected chi connectivity index (χ2v) is 6.38. The summed E-state index contributed by atoms with van der Waals surface area (Å²) in [5, 5.41) is 7.48. The van der Waals surface area contributed by atoms with Crippen molar-refractivity contribution in [2.75, 3.05) is 6.61 Å². The second-order valence-electron chi connectivity index (χ2n) is 5.57. The third kappa shape index (κ3) is 5.11. The van der Waals surface area contributed by atoms with Gasteiger partial charge in [-0.3, -0.25) is 4.84 Å². The first-order valence-corrected chi connectivity index (χ1v) is 8.21. The smallest absolute Gasteiger partial charge is 0.433 e. The summed E-state index contributed by atoms with van der Waals surface area (Å²) >= 11 is 12.4. The highest BCUT2D eigenvalue weighted by Gasteiger charge is 2.14. The molecule has 0 saturated carbocycles. The Labute approximate surface area is 155 Å². The molecule has 0 aliphatic rings. The van der Waals surface area contributed by atoms with Gasteiger partial charge in [0.1, 0.15) is 12.1 Å². The third-order valence-corrected chi connectivity index (χ3v) is 3.59. The van der Waals surface area contributed by atoms with Gasteiger partial charge in [-0.05, 0) is 39.0 Å². The Hall–Kier alpha value is -2.25. The minimum atomic E-state index is -0.704. The summed E-state index contributed by atoms with van der Waals surface area (Å²) in [6.07, 6.45) is -0.704. The van der Waals surface area contributed by atoms with Crippen molar-refractivity contribution in [3.05, 3.63) is 33.9 Å². The fraction of sp³-hybridized carbons (Fsp3) is 0.312. The Morgan fingerprint density at radius 1 is 1.36 bits per heavy atom. The first-order chi connectivity index (χ1) is 11.8. The van der Waals surface area contributed by atoms with E-state index in [1.54, 1.807) is 19.9 Å². The Morgan fingerprint density at radius 3 is 2.76 bits per heavy atom. The van der Waals surface area contributed by atoms with E-state index in [9.17, 15) is 4.79 Å². The topological polar surface area (TPSA) is 98.8 Å². The maximum atomic E-state index is 11.4. The number of nitrogens with two attached hydrogens (primary N) is 1. The fourth-order valence-corrected chi connectivity index (χ4v) is 2.53. The zero-order valence-corrected chi connectivity index (χ0v) is 15.5. The minimum absolute atomic E-state index is 0.0364. The molecule has 9 heteroatoms. The van der Waals surface area contributed by atoms with E-state index in [1.807, 2.05) is 19.1 Å².